The van der Waals surface area contributed by atoms with E-state index < -0.39 is 6.10 Å². The molecule has 0 bridgehead atoms. The number of hydrogen-bond acceptors (Lipinski definition) is 3. The number of halogens is 2. The van der Waals surface area contributed by atoms with Gasteiger partial charge in [0.05, 0.1) is 14.8 Å². The molecular weight excluding hydrogens is 358 g/mol. The lowest BCUT2D eigenvalue weighted by molar-refractivity contribution is 0.0905. The smallest absolute Gasteiger partial charge is 0.261 e. The maximum atomic E-state index is 11.7. The number of rotatable bonds is 4. The molecule has 2 N–H and O–H groups in total. The molecule has 6 heteroatoms. The summed E-state index contributed by atoms with van der Waals surface area (Å²) in [6.45, 7) is 0.344. The van der Waals surface area contributed by atoms with Gasteiger partial charge >= 0.3 is 0 Å². The van der Waals surface area contributed by atoms with E-state index in [9.17, 15) is 9.90 Å². The first-order valence-corrected chi connectivity index (χ1v) is 7.39. The number of carbonyl (C=O) groups is 1. The van der Waals surface area contributed by atoms with Crippen molar-refractivity contribution in [3.05, 3.63) is 19.2 Å². The van der Waals surface area contributed by atoms with Gasteiger partial charge in [-0.15, -0.1) is 11.3 Å². The van der Waals surface area contributed by atoms with E-state index in [0.29, 0.717) is 17.3 Å². The van der Waals surface area contributed by atoms with Gasteiger partial charge in [0.2, 0.25) is 0 Å². The highest BCUT2D eigenvalue weighted by atomic mass is 79.9. The summed E-state index contributed by atoms with van der Waals surface area (Å²) >= 11 is 8.05. The van der Waals surface area contributed by atoms with Crippen molar-refractivity contribution < 1.29 is 9.90 Å². The zero-order chi connectivity index (χ0) is 11.7. The minimum atomic E-state index is -0.393. The molecule has 1 fully saturated rings. The van der Waals surface area contributed by atoms with Crippen molar-refractivity contribution in [2.45, 2.75) is 18.9 Å². The fourth-order valence-corrected chi connectivity index (χ4v) is 3.34. The van der Waals surface area contributed by atoms with Crippen LogP contribution in [0.4, 0.5) is 0 Å². The number of hydrogen-bond donors (Lipinski definition) is 2. The molecule has 1 atom stereocenters. The molecule has 1 saturated carbocycles. The lowest BCUT2D eigenvalue weighted by Gasteiger charge is -2.09. The van der Waals surface area contributed by atoms with E-state index in [1.807, 2.05) is 0 Å². The number of aliphatic hydroxyl groups is 1. The highest BCUT2D eigenvalue weighted by molar-refractivity contribution is 9.13. The SMILES string of the molecule is O=C(NCC(O)C1CC1)c1cc(Br)c(Br)s1. The third-order valence-corrected chi connectivity index (χ3v) is 5.76. The summed E-state index contributed by atoms with van der Waals surface area (Å²) in [5.74, 6) is 0.262. The number of amides is 1. The van der Waals surface area contributed by atoms with Gasteiger partial charge in [-0.2, -0.15) is 0 Å². The molecule has 1 aliphatic carbocycles. The van der Waals surface area contributed by atoms with Gasteiger partial charge in [0.25, 0.3) is 5.91 Å². The first kappa shape index (κ1) is 12.5. The fourth-order valence-electron chi connectivity index (χ4n) is 1.39. The highest BCUT2D eigenvalue weighted by Gasteiger charge is 2.29. The number of carbonyl (C=O) groups excluding carboxylic acids is 1. The summed E-state index contributed by atoms with van der Waals surface area (Å²) < 4.78 is 1.78. The zero-order valence-electron chi connectivity index (χ0n) is 8.37. The minimum absolute atomic E-state index is 0.129. The molecule has 1 aromatic heterocycles. The molecule has 3 nitrogen and oxygen atoms in total. The molecule has 0 radical (unpaired) electrons. The Kier molecular flexibility index (Phi) is 4.05. The highest BCUT2D eigenvalue weighted by Crippen LogP contribution is 2.33. The summed E-state index contributed by atoms with van der Waals surface area (Å²) in [6.07, 6.45) is 1.76. The Morgan fingerprint density at radius 2 is 2.31 bits per heavy atom. The molecule has 1 aliphatic rings. The van der Waals surface area contributed by atoms with Gasteiger partial charge in [0, 0.05) is 11.0 Å². The Morgan fingerprint density at radius 1 is 1.62 bits per heavy atom. The quantitative estimate of drug-likeness (QED) is 0.858. The molecule has 0 aliphatic heterocycles. The van der Waals surface area contributed by atoms with Crippen molar-refractivity contribution in [2.75, 3.05) is 6.54 Å². The van der Waals surface area contributed by atoms with Crippen molar-refractivity contribution in [1.29, 1.82) is 0 Å². The summed E-state index contributed by atoms with van der Waals surface area (Å²) in [5, 5.41) is 12.4. The van der Waals surface area contributed by atoms with Gasteiger partial charge in [-0.05, 0) is 56.7 Å². The first-order chi connectivity index (χ1) is 7.58. The van der Waals surface area contributed by atoms with E-state index in [0.717, 1.165) is 21.1 Å². The van der Waals surface area contributed by atoms with Crippen LogP contribution >= 0.6 is 43.2 Å². The van der Waals surface area contributed by atoms with E-state index in [1.54, 1.807) is 6.07 Å². The van der Waals surface area contributed by atoms with Crippen LogP contribution in [0.15, 0.2) is 14.3 Å². The van der Waals surface area contributed by atoms with Crippen LogP contribution in [0.2, 0.25) is 0 Å². The predicted molar refractivity (Wildman–Crippen MR) is 70.8 cm³/mol. The average Bonchev–Trinajstić information content (AvgIpc) is 3.03. The van der Waals surface area contributed by atoms with Crippen molar-refractivity contribution >= 4 is 49.1 Å². The number of thiophene rings is 1. The Hall–Kier alpha value is 0.0900. The maximum Gasteiger partial charge on any atom is 0.261 e. The van der Waals surface area contributed by atoms with Crippen LogP contribution in [0.5, 0.6) is 0 Å². The molecule has 0 aromatic carbocycles. The van der Waals surface area contributed by atoms with Crippen LogP contribution < -0.4 is 5.32 Å². The normalized spacial score (nSPS) is 17.2. The molecule has 1 unspecified atom stereocenters. The van der Waals surface area contributed by atoms with Crippen LogP contribution in [0.25, 0.3) is 0 Å². The monoisotopic (exact) mass is 367 g/mol. The minimum Gasteiger partial charge on any atom is -0.391 e. The van der Waals surface area contributed by atoms with Crippen molar-refractivity contribution in [3.63, 3.8) is 0 Å². The van der Waals surface area contributed by atoms with Crippen molar-refractivity contribution in [3.8, 4) is 0 Å². The van der Waals surface area contributed by atoms with Crippen molar-refractivity contribution in [2.24, 2.45) is 5.92 Å². The van der Waals surface area contributed by atoms with Gasteiger partial charge in [-0.25, -0.2) is 0 Å². The van der Waals surface area contributed by atoms with E-state index >= 15 is 0 Å². The molecule has 0 spiro atoms. The van der Waals surface area contributed by atoms with Crippen LogP contribution in [-0.2, 0) is 0 Å². The molecule has 1 heterocycles. The Bertz CT molecular complexity index is 384. The van der Waals surface area contributed by atoms with E-state index in [1.165, 1.54) is 11.3 Å². The van der Waals surface area contributed by atoms with E-state index in [-0.39, 0.29) is 5.91 Å². The average molecular weight is 369 g/mol. The van der Waals surface area contributed by atoms with Crippen molar-refractivity contribution in [1.82, 2.24) is 5.32 Å². The van der Waals surface area contributed by atoms with Gasteiger partial charge in [0.15, 0.2) is 0 Å². The zero-order valence-corrected chi connectivity index (χ0v) is 12.4. The number of aliphatic hydroxyl groups excluding tert-OH is 1. The molecule has 88 valence electrons. The Labute approximate surface area is 114 Å². The standard InChI is InChI=1S/C10H11Br2NO2S/c11-6-3-8(16-9(6)12)10(15)13-4-7(14)5-1-2-5/h3,5,7,14H,1-2,4H2,(H,13,15). The Morgan fingerprint density at radius 3 is 2.81 bits per heavy atom. The third-order valence-electron chi connectivity index (χ3n) is 2.51. The second kappa shape index (κ2) is 5.16. The lowest BCUT2D eigenvalue weighted by Crippen LogP contribution is -2.32. The fraction of sp³-hybridized carbons (Fsp3) is 0.500. The summed E-state index contributed by atoms with van der Waals surface area (Å²) in [6, 6.07) is 1.77. The first-order valence-electron chi connectivity index (χ1n) is 4.99. The third kappa shape index (κ3) is 3.06. The molecule has 1 amide bonds. The largest absolute Gasteiger partial charge is 0.391 e. The topological polar surface area (TPSA) is 49.3 Å². The van der Waals surface area contributed by atoms with E-state index in [4.69, 9.17) is 0 Å². The van der Waals surface area contributed by atoms with Gasteiger partial charge < -0.3 is 10.4 Å². The summed E-state index contributed by atoms with van der Waals surface area (Å²) in [7, 11) is 0. The predicted octanol–water partition coefficient (Wildman–Crippen LogP) is 2.77. The lowest BCUT2D eigenvalue weighted by atomic mass is 10.2. The van der Waals surface area contributed by atoms with E-state index in [2.05, 4.69) is 37.2 Å². The molecule has 0 saturated heterocycles. The van der Waals surface area contributed by atoms with Gasteiger partial charge in [0.1, 0.15) is 0 Å². The van der Waals surface area contributed by atoms with Crippen LogP contribution in [-0.4, -0.2) is 23.7 Å². The van der Waals surface area contributed by atoms with Crippen LogP contribution in [0.1, 0.15) is 22.5 Å². The van der Waals surface area contributed by atoms with Gasteiger partial charge in [-0.1, -0.05) is 0 Å². The molecule has 1 aromatic rings. The van der Waals surface area contributed by atoms with Crippen LogP contribution in [0.3, 0.4) is 0 Å². The summed E-state index contributed by atoms with van der Waals surface area (Å²) in [5.41, 5.74) is 0. The van der Waals surface area contributed by atoms with Gasteiger partial charge in [-0.3, -0.25) is 4.79 Å². The Balaban J connectivity index is 1.87. The molecular formula is C10H11Br2NO2S. The number of nitrogens with one attached hydrogen (secondary N) is 1. The maximum absolute atomic E-state index is 11.7. The van der Waals surface area contributed by atoms with Crippen LogP contribution in [0, 0.1) is 5.92 Å². The molecule has 16 heavy (non-hydrogen) atoms. The molecule has 2 rings (SSSR count). The second-order valence-electron chi connectivity index (χ2n) is 3.85. The summed E-state index contributed by atoms with van der Waals surface area (Å²) in [4.78, 5) is 12.3. The second-order valence-corrected chi connectivity index (χ2v) is 7.07.